The first kappa shape index (κ1) is 23.9. The van der Waals surface area contributed by atoms with Gasteiger partial charge in [-0.15, -0.1) is 11.3 Å². The zero-order chi connectivity index (χ0) is 24.8. The van der Waals surface area contributed by atoms with Crippen LogP contribution >= 0.6 is 22.9 Å². The van der Waals surface area contributed by atoms with Gasteiger partial charge in [-0.1, -0.05) is 29.8 Å². The monoisotopic (exact) mass is 509 g/mol. The molecular weight excluding hydrogens is 494 g/mol. The Balaban J connectivity index is 1.27. The maximum Gasteiger partial charge on any atom is 0.355 e. The average Bonchev–Trinajstić information content (AvgIpc) is 3.21. The van der Waals surface area contributed by atoms with Crippen molar-refractivity contribution >= 4 is 56.8 Å². The van der Waals surface area contributed by atoms with Gasteiger partial charge in [0, 0.05) is 22.2 Å². The number of benzene rings is 3. The second kappa shape index (κ2) is 10.8. The molecule has 11 heteroatoms. The third-order valence-electron chi connectivity index (χ3n) is 4.63. The van der Waals surface area contributed by atoms with Crippen molar-refractivity contribution in [3.8, 4) is 11.5 Å². The van der Waals surface area contributed by atoms with Crippen LogP contribution in [0.3, 0.4) is 0 Å². The number of ether oxygens (including phenoxy) is 2. The minimum absolute atomic E-state index is 0.0731. The number of hydrogen-bond acceptors (Lipinski definition) is 8. The highest BCUT2D eigenvalue weighted by Gasteiger charge is 2.18. The van der Waals surface area contributed by atoms with Crippen LogP contribution in [0.25, 0.3) is 10.1 Å². The molecule has 1 amide bonds. The van der Waals surface area contributed by atoms with E-state index in [2.05, 4.69) is 10.5 Å². The minimum Gasteiger partial charge on any atom is -0.484 e. The molecule has 35 heavy (non-hydrogen) atoms. The van der Waals surface area contributed by atoms with Crippen LogP contribution in [-0.4, -0.2) is 29.6 Å². The predicted octanol–water partition coefficient (Wildman–Crippen LogP) is 5.21. The van der Waals surface area contributed by atoms with Crippen LogP contribution in [-0.2, 0) is 4.79 Å². The van der Waals surface area contributed by atoms with Gasteiger partial charge in [0.25, 0.3) is 11.6 Å². The molecule has 0 atom stereocenters. The number of nitro groups is 1. The van der Waals surface area contributed by atoms with Crippen molar-refractivity contribution in [1.29, 1.82) is 0 Å². The van der Waals surface area contributed by atoms with Gasteiger partial charge < -0.3 is 9.47 Å². The number of nitro benzene ring substituents is 1. The molecule has 0 spiro atoms. The van der Waals surface area contributed by atoms with Crippen LogP contribution in [0, 0.1) is 10.1 Å². The number of amides is 1. The van der Waals surface area contributed by atoms with Crippen LogP contribution in [0.4, 0.5) is 5.69 Å². The van der Waals surface area contributed by atoms with E-state index in [1.165, 1.54) is 41.8 Å². The molecule has 0 aliphatic carbocycles. The Kier molecular flexibility index (Phi) is 7.34. The molecular formula is C24H16ClN3O6S. The van der Waals surface area contributed by atoms with Crippen molar-refractivity contribution in [2.45, 2.75) is 0 Å². The smallest absolute Gasteiger partial charge is 0.355 e. The fourth-order valence-electron chi connectivity index (χ4n) is 2.94. The van der Waals surface area contributed by atoms with Crippen molar-refractivity contribution < 1.29 is 24.0 Å². The summed E-state index contributed by atoms with van der Waals surface area (Å²) in [4.78, 5) is 34.8. The molecule has 1 heterocycles. The number of nitrogens with one attached hydrogen (secondary N) is 1. The highest BCUT2D eigenvalue weighted by molar-refractivity contribution is 7.21. The molecule has 0 saturated carbocycles. The van der Waals surface area contributed by atoms with Crippen LogP contribution in [0.15, 0.2) is 77.9 Å². The Labute approximate surface area is 207 Å². The average molecular weight is 510 g/mol. The van der Waals surface area contributed by atoms with E-state index in [-0.39, 0.29) is 12.3 Å². The lowest BCUT2D eigenvalue weighted by Crippen LogP contribution is -2.24. The van der Waals surface area contributed by atoms with Crippen molar-refractivity contribution in [3.63, 3.8) is 0 Å². The lowest BCUT2D eigenvalue weighted by Gasteiger charge is -2.05. The number of nitrogens with zero attached hydrogens (tertiary/aromatic N) is 2. The van der Waals surface area contributed by atoms with Gasteiger partial charge in [-0.3, -0.25) is 14.9 Å². The summed E-state index contributed by atoms with van der Waals surface area (Å²) in [5.74, 6) is -0.402. The fraction of sp³-hybridized carbons (Fsp3) is 0.0417. The molecule has 0 bridgehead atoms. The summed E-state index contributed by atoms with van der Waals surface area (Å²) in [5, 5.41) is 15.7. The third-order valence-corrected chi connectivity index (χ3v) is 6.29. The first-order valence-corrected chi connectivity index (χ1v) is 11.3. The van der Waals surface area contributed by atoms with E-state index in [4.69, 9.17) is 21.1 Å². The lowest BCUT2D eigenvalue weighted by molar-refractivity contribution is -0.384. The van der Waals surface area contributed by atoms with Gasteiger partial charge in [0.1, 0.15) is 16.4 Å². The number of hydrogen-bond donors (Lipinski definition) is 1. The van der Waals surface area contributed by atoms with Gasteiger partial charge in [0.15, 0.2) is 6.61 Å². The predicted molar refractivity (Wildman–Crippen MR) is 133 cm³/mol. The molecule has 0 fully saturated rings. The van der Waals surface area contributed by atoms with Gasteiger partial charge in [-0.2, -0.15) is 5.10 Å². The number of non-ortho nitro benzene ring substituents is 1. The molecule has 0 radical (unpaired) electrons. The Morgan fingerprint density at radius 3 is 2.40 bits per heavy atom. The van der Waals surface area contributed by atoms with Crippen LogP contribution in [0.2, 0.25) is 5.02 Å². The number of rotatable bonds is 8. The van der Waals surface area contributed by atoms with Crippen LogP contribution in [0.5, 0.6) is 11.5 Å². The Bertz CT molecular complexity index is 1420. The third kappa shape index (κ3) is 5.99. The van der Waals surface area contributed by atoms with E-state index in [0.29, 0.717) is 27.0 Å². The molecule has 1 N–H and O–H groups in total. The van der Waals surface area contributed by atoms with E-state index in [0.717, 1.165) is 10.1 Å². The van der Waals surface area contributed by atoms with E-state index in [1.54, 1.807) is 24.3 Å². The number of halogens is 1. The molecule has 0 aliphatic heterocycles. The molecule has 4 aromatic rings. The normalized spacial score (nSPS) is 10.9. The SMILES string of the molecule is O=C(COc1ccc([N+](=O)[O-])cc1)NN=Cc1ccc(OC(=O)c2sc3ccccc3c2Cl)cc1. The topological polar surface area (TPSA) is 120 Å². The van der Waals surface area contributed by atoms with Crippen LogP contribution in [0.1, 0.15) is 15.2 Å². The number of carbonyl (C=O) groups excluding carboxylic acids is 2. The number of thiophene rings is 1. The minimum atomic E-state index is -0.544. The maximum absolute atomic E-state index is 12.5. The van der Waals surface area contributed by atoms with Crippen molar-refractivity contribution in [2.75, 3.05) is 6.61 Å². The zero-order valence-corrected chi connectivity index (χ0v) is 19.4. The fourth-order valence-corrected chi connectivity index (χ4v) is 4.33. The summed E-state index contributed by atoms with van der Waals surface area (Å²) >= 11 is 7.59. The summed E-state index contributed by atoms with van der Waals surface area (Å²) in [7, 11) is 0. The quantitative estimate of drug-likeness (QED) is 0.114. The zero-order valence-electron chi connectivity index (χ0n) is 17.8. The van der Waals surface area contributed by atoms with Crippen molar-refractivity contribution in [3.05, 3.63) is 98.4 Å². The Hall–Kier alpha value is -4.28. The molecule has 9 nitrogen and oxygen atoms in total. The number of hydrazone groups is 1. The number of fused-ring (bicyclic) bond motifs is 1. The first-order valence-electron chi connectivity index (χ1n) is 10.1. The first-order chi connectivity index (χ1) is 16.9. The summed E-state index contributed by atoms with van der Waals surface area (Å²) in [6.45, 7) is -0.315. The number of carbonyl (C=O) groups is 2. The molecule has 0 saturated heterocycles. The highest BCUT2D eigenvalue weighted by atomic mass is 35.5. The van der Waals surface area contributed by atoms with Crippen molar-refractivity contribution in [2.24, 2.45) is 5.10 Å². The maximum atomic E-state index is 12.5. The van der Waals surface area contributed by atoms with Crippen LogP contribution < -0.4 is 14.9 Å². The summed E-state index contributed by atoms with van der Waals surface area (Å²) in [6.07, 6.45) is 1.41. The Morgan fingerprint density at radius 1 is 1.03 bits per heavy atom. The van der Waals surface area contributed by atoms with Gasteiger partial charge in [-0.25, -0.2) is 10.2 Å². The van der Waals surface area contributed by atoms with E-state index < -0.39 is 16.8 Å². The van der Waals surface area contributed by atoms with E-state index in [1.807, 2.05) is 24.3 Å². The van der Waals surface area contributed by atoms with Gasteiger partial charge in [-0.05, 0) is 48.0 Å². The van der Waals surface area contributed by atoms with Gasteiger partial charge in [0.2, 0.25) is 0 Å². The summed E-state index contributed by atoms with van der Waals surface area (Å²) in [5.41, 5.74) is 2.90. The summed E-state index contributed by atoms with van der Waals surface area (Å²) in [6, 6.07) is 19.3. The second-order valence-corrected chi connectivity index (χ2v) is 8.46. The number of esters is 1. The summed E-state index contributed by atoms with van der Waals surface area (Å²) < 4.78 is 11.6. The van der Waals surface area contributed by atoms with Gasteiger partial charge >= 0.3 is 5.97 Å². The molecule has 176 valence electrons. The second-order valence-electron chi connectivity index (χ2n) is 7.03. The molecule has 0 unspecified atom stereocenters. The lowest BCUT2D eigenvalue weighted by atomic mass is 10.2. The molecule has 4 rings (SSSR count). The van der Waals surface area contributed by atoms with E-state index >= 15 is 0 Å². The molecule has 1 aromatic heterocycles. The van der Waals surface area contributed by atoms with Crippen molar-refractivity contribution in [1.82, 2.24) is 5.43 Å². The van der Waals surface area contributed by atoms with E-state index in [9.17, 15) is 19.7 Å². The molecule has 0 aliphatic rings. The van der Waals surface area contributed by atoms with Gasteiger partial charge in [0.05, 0.1) is 16.2 Å². The Morgan fingerprint density at radius 2 is 1.71 bits per heavy atom. The largest absolute Gasteiger partial charge is 0.484 e. The standard InChI is InChI=1S/C24H16ClN3O6S/c25-22-19-3-1-2-4-20(19)35-23(22)24(30)34-18-9-5-15(6-10-18)13-26-27-21(29)14-33-17-11-7-16(8-12-17)28(31)32/h1-13H,14H2,(H,27,29). The highest BCUT2D eigenvalue weighted by Crippen LogP contribution is 2.35. The molecule has 3 aromatic carbocycles.